The molecule has 1 fully saturated rings. The number of rotatable bonds is 6. The number of nitrogens with one attached hydrogen (secondary N) is 1. The molecule has 0 spiro atoms. The van der Waals surface area contributed by atoms with Gasteiger partial charge in [0, 0.05) is 31.4 Å². The van der Waals surface area contributed by atoms with Crippen molar-refractivity contribution in [2.45, 2.75) is 32.9 Å². The minimum absolute atomic E-state index is 0. The molecule has 2 unspecified atom stereocenters. The molecule has 1 heterocycles. The van der Waals surface area contributed by atoms with Gasteiger partial charge in [-0.15, -0.1) is 12.4 Å². The molecule has 0 radical (unpaired) electrons. The Labute approximate surface area is 127 Å². The van der Waals surface area contributed by atoms with E-state index in [0.717, 1.165) is 6.54 Å². The molecule has 1 N–H and O–H groups in total. The third kappa shape index (κ3) is 5.55. The number of sulfone groups is 1. The van der Waals surface area contributed by atoms with Gasteiger partial charge in [0.1, 0.15) is 6.10 Å². The Morgan fingerprint density at radius 3 is 2.55 bits per heavy atom. The average molecular weight is 329 g/mol. The fraction of sp³-hybridized carbons (Fsp3) is 0.917. The van der Waals surface area contributed by atoms with Crippen LogP contribution in [-0.4, -0.2) is 69.1 Å². The van der Waals surface area contributed by atoms with Crippen LogP contribution < -0.4 is 5.32 Å². The van der Waals surface area contributed by atoms with E-state index in [9.17, 15) is 13.2 Å². The lowest BCUT2D eigenvalue weighted by atomic mass is 10.2. The minimum Gasteiger partial charge on any atom is -0.366 e. The van der Waals surface area contributed by atoms with Crippen LogP contribution in [0.2, 0.25) is 0 Å². The molecule has 0 aromatic carbocycles. The van der Waals surface area contributed by atoms with Gasteiger partial charge in [-0.3, -0.25) is 4.79 Å². The molecule has 1 aliphatic heterocycles. The second-order valence-electron chi connectivity index (χ2n) is 4.74. The lowest BCUT2D eigenvalue weighted by Gasteiger charge is -2.33. The first-order chi connectivity index (χ1) is 8.91. The second kappa shape index (κ2) is 8.81. The minimum atomic E-state index is -3.09. The first-order valence-electron chi connectivity index (χ1n) is 6.74. The number of nitrogens with zero attached hydrogens (tertiary/aromatic N) is 1. The number of hydrogen-bond donors (Lipinski definition) is 1. The van der Waals surface area contributed by atoms with Crippen LogP contribution in [0, 0.1) is 0 Å². The van der Waals surface area contributed by atoms with Gasteiger partial charge in [-0.1, -0.05) is 6.92 Å². The fourth-order valence-corrected chi connectivity index (χ4v) is 3.32. The van der Waals surface area contributed by atoms with Gasteiger partial charge in [0.25, 0.3) is 5.91 Å². The Hall–Kier alpha value is -0.370. The number of hydrogen-bond acceptors (Lipinski definition) is 5. The molecule has 2 atom stereocenters. The topological polar surface area (TPSA) is 75.7 Å². The summed E-state index contributed by atoms with van der Waals surface area (Å²) < 4.78 is 28.7. The molecule has 1 aliphatic rings. The van der Waals surface area contributed by atoms with Gasteiger partial charge in [0.15, 0.2) is 9.84 Å². The van der Waals surface area contributed by atoms with E-state index < -0.39 is 15.9 Å². The molecule has 8 heteroatoms. The maximum Gasteiger partial charge on any atom is 0.253 e. The van der Waals surface area contributed by atoms with Crippen molar-refractivity contribution >= 4 is 28.2 Å². The number of morpholine rings is 1. The SMILES string of the molecule is CCN(C(=O)C1CNCCO1)C(C)CS(=O)(=O)CC.Cl. The van der Waals surface area contributed by atoms with Crippen molar-refractivity contribution in [3.8, 4) is 0 Å². The van der Waals surface area contributed by atoms with Crippen LogP contribution in [0.15, 0.2) is 0 Å². The summed E-state index contributed by atoms with van der Waals surface area (Å²) >= 11 is 0. The number of carbonyl (C=O) groups is 1. The summed E-state index contributed by atoms with van der Waals surface area (Å²) in [7, 11) is -3.09. The van der Waals surface area contributed by atoms with Gasteiger partial charge >= 0.3 is 0 Å². The highest BCUT2D eigenvalue weighted by atomic mass is 35.5. The standard InChI is InChI=1S/C12H24N2O4S.ClH/c1-4-14(10(3)9-19(16,17)5-2)12(15)11-8-13-6-7-18-11;/h10-11,13H,4-9H2,1-3H3;1H. The Morgan fingerprint density at radius 2 is 2.10 bits per heavy atom. The van der Waals surface area contributed by atoms with Crippen molar-refractivity contribution in [2.24, 2.45) is 0 Å². The van der Waals surface area contributed by atoms with Crippen LogP contribution >= 0.6 is 12.4 Å². The Balaban J connectivity index is 0.00000361. The molecule has 0 aromatic heterocycles. The van der Waals surface area contributed by atoms with Crippen molar-refractivity contribution in [3.63, 3.8) is 0 Å². The second-order valence-corrected chi connectivity index (χ2v) is 7.13. The molecule has 1 rings (SSSR count). The highest BCUT2D eigenvalue weighted by Crippen LogP contribution is 2.09. The highest BCUT2D eigenvalue weighted by molar-refractivity contribution is 7.91. The van der Waals surface area contributed by atoms with E-state index >= 15 is 0 Å². The van der Waals surface area contributed by atoms with Gasteiger partial charge in [0.05, 0.1) is 12.4 Å². The maximum absolute atomic E-state index is 12.3. The average Bonchev–Trinajstić information content (AvgIpc) is 2.40. The summed E-state index contributed by atoms with van der Waals surface area (Å²) in [5.74, 6) is -0.0261. The Bertz CT molecular complexity index is 396. The quantitative estimate of drug-likeness (QED) is 0.746. The summed E-state index contributed by atoms with van der Waals surface area (Å²) in [5, 5.41) is 3.10. The first-order valence-corrected chi connectivity index (χ1v) is 8.56. The number of ether oxygens (including phenoxy) is 1. The van der Waals surface area contributed by atoms with Crippen LogP contribution in [0.3, 0.4) is 0 Å². The van der Waals surface area contributed by atoms with Crippen LogP contribution in [0.5, 0.6) is 0 Å². The van der Waals surface area contributed by atoms with Gasteiger partial charge in [0.2, 0.25) is 0 Å². The Kier molecular flexibility index (Phi) is 8.65. The molecule has 0 saturated carbocycles. The first kappa shape index (κ1) is 19.6. The predicted octanol–water partition coefficient (Wildman–Crippen LogP) is 0.0683. The number of halogens is 1. The zero-order chi connectivity index (χ0) is 14.5. The summed E-state index contributed by atoms with van der Waals surface area (Å²) in [4.78, 5) is 13.9. The van der Waals surface area contributed by atoms with Crippen molar-refractivity contribution in [1.29, 1.82) is 0 Å². The van der Waals surface area contributed by atoms with E-state index in [-0.39, 0.29) is 35.9 Å². The predicted molar refractivity (Wildman–Crippen MR) is 81.0 cm³/mol. The lowest BCUT2D eigenvalue weighted by Crippen LogP contribution is -2.53. The van der Waals surface area contributed by atoms with Crippen molar-refractivity contribution in [3.05, 3.63) is 0 Å². The largest absolute Gasteiger partial charge is 0.366 e. The van der Waals surface area contributed by atoms with Crippen molar-refractivity contribution in [1.82, 2.24) is 10.2 Å². The van der Waals surface area contributed by atoms with Crippen LogP contribution in [-0.2, 0) is 19.4 Å². The molecular formula is C12H25ClN2O4S. The van der Waals surface area contributed by atoms with Crippen LogP contribution in [0.4, 0.5) is 0 Å². The molecule has 1 amide bonds. The number of likely N-dealkylation sites (N-methyl/N-ethyl adjacent to an activating group) is 1. The van der Waals surface area contributed by atoms with E-state index in [1.54, 1.807) is 18.7 Å². The fourth-order valence-electron chi connectivity index (χ4n) is 2.17. The van der Waals surface area contributed by atoms with Crippen LogP contribution in [0.1, 0.15) is 20.8 Å². The molecule has 0 aliphatic carbocycles. The van der Waals surface area contributed by atoms with E-state index in [2.05, 4.69) is 5.32 Å². The molecule has 120 valence electrons. The number of carbonyl (C=O) groups excluding carboxylic acids is 1. The summed E-state index contributed by atoms with van der Waals surface area (Å²) in [5.41, 5.74) is 0. The van der Waals surface area contributed by atoms with Gasteiger partial charge in [-0.05, 0) is 13.8 Å². The molecule has 1 saturated heterocycles. The summed E-state index contributed by atoms with van der Waals surface area (Å²) in [6.07, 6.45) is -0.500. The zero-order valence-corrected chi connectivity index (χ0v) is 13.9. The smallest absolute Gasteiger partial charge is 0.253 e. The highest BCUT2D eigenvalue weighted by Gasteiger charge is 2.30. The van der Waals surface area contributed by atoms with E-state index in [1.807, 2.05) is 6.92 Å². The van der Waals surface area contributed by atoms with E-state index in [4.69, 9.17) is 4.74 Å². The summed E-state index contributed by atoms with van der Waals surface area (Å²) in [6.45, 7) is 7.47. The zero-order valence-electron chi connectivity index (χ0n) is 12.3. The maximum atomic E-state index is 12.3. The van der Waals surface area contributed by atoms with E-state index in [1.165, 1.54) is 0 Å². The van der Waals surface area contributed by atoms with E-state index in [0.29, 0.717) is 19.7 Å². The van der Waals surface area contributed by atoms with Crippen LogP contribution in [0.25, 0.3) is 0 Å². The molecule has 6 nitrogen and oxygen atoms in total. The third-order valence-corrected chi connectivity index (χ3v) is 5.16. The van der Waals surface area contributed by atoms with Gasteiger partial charge in [-0.2, -0.15) is 0 Å². The molecular weight excluding hydrogens is 304 g/mol. The normalized spacial score (nSPS) is 20.9. The van der Waals surface area contributed by atoms with Gasteiger partial charge < -0.3 is 15.0 Å². The number of amides is 1. The van der Waals surface area contributed by atoms with Gasteiger partial charge in [-0.25, -0.2) is 8.42 Å². The molecule has 0 aromatic rings. The molecule has 20 heavy (non-hydrogen) atoms. The van der Waals surface area contributed by atoms with Crippen molar-refractivity contribution in [2.75, 3.05) is 37.7 Å². The molecule has 0 bridgehead atoms. The third-order valence-electron chi connectivity index (χ3n) is 3.29. The van der Waals surface area contributed by atoms with Crippen molar-refractivity contribution < 1.29 is 17.9 Å². The lowest BCUT2D eigenvalue weighted by molar-refractivity contribution is -0.146. The monoisotopic (exact) mass is 328 g/mol. The summed E-state index contributed by atoms with van der Waals surface area (Å²) in [6, 6.07) is -0.326. The Morgan fingerprint density at radius 1 is 1.45 bits per heavy atom.